The van der Waals surface area contributed by atoms with Gasteiger partial charge in [0.15, 0.2) is 0 Å². The standard InChI is InChI=1S/C16H22O/c1-5-8-14(7-3)16-10-9-15(12-13(16)4)17-11-6-2/h1,9-10,12,14H,6-8,11H2,2-4H3. The first-order valence-electron chi connectivity index (χ1n) is 6.39. The number of rotatable bonds is 6. The molecule has 1 heteroatoms. The van der Waals surface area contributed by atoms with Crippen LogP contribution in [0.3, 0.4) is 0 Å². The molecule has 0 N–H and O–H groups in total. The van der Waals surface area contributed by atoms with Gasteiger partial charge in [-0.3, -0.25) is 0 Å². The van der Waals surface area contributed by atoms with Crippen molar-refractivity contribution in [3.8, 4) is 18.1 Å². The van der Waals surface area contributed by atoms with Crippen molar-refractivity contribution in [1.82, 2.24) is 0 Å². The molecule has 92 valence electrons. The summed E-state index contributed by atoms with van der Waals surface area (Å²) < 4.78 is 5.62. The largest absolute Gasteiger partial charge is 0.494 e. The van der Waals surface area contributed by atoms with Crippen molar-refractivity contribution in [3.63, 3.8) is 0 Å². The zero-order valence-electron chi connectivity index (χ0n) is 11.1. The minimum Gasteiger partial charge on any atom is -0.494 e. The van der Waals surface area contributed by atoms with Crippen LogP contribution in [0.5, 0.6) is 5.75 Å². The zero-order valence-corrected chi connectivity index (χ0v) is 11.1. The van der Waals surface area contributed by atoms with Gasteiger partial charge in [-0.15, -0.1) is 12.3 Å². The lowest BCUT2D eigenvalue weighted by molar-refractivity contribution is 0.317. The second kappa shape index (κ2) is 7.01. The first-order valence-corrected chi connectivity index (χ1v) is 6.39. The Hall–Kier alpha value is -1.42. The Bertz CT molecular complexity index is 387. The van der Waals surface area contributed by atoms with Crippen molar-refractivity contribution in [1.29, 1.82) is 0 Å². The molecule has 0 bridgehead atoms. The fraction of sp³-hybridized carbons (Fsp3) is 0.500. The van der Waals surface area contributed by atoms with E-state index >= 15 is 0 Å². The second-order valence-corrected chi connectivity index (χ2v) is 4.38. The molecule has 0 aromatic heterocycles. The molecule has 17 heavy (non-hydrogen) atoms. The van der Waals surface area contributed by atoms with Crippen LogP contribution in [0.1, 0.15) is 50.2 Å². The highest BCUT2D eigenvalue weighted by atomic mass is 16.5. The van der Waals surface area contributed by atoms with Crippen LogP contribution in [-0.2, 0) is 0 Å². The first kappa shape index (κ1) is 13.6. The molecule has 1 unspecified atom stereocenters. The van der Waals surface area contributed by atoms with Crippen LogP contribution >= 0.6 is 0 Å². The van der Waals surface area contributed by atoms with Crippen molar-refractivity contribution < 1.29 is 4.74 Å². The Morgan fingerprint density at radius 1 is 1.35 bits per heavy atom. The Kier molecular flexibility index (Phi) is 5.63. The van der Waals surface area contributed by atoms with Crippen LogP contribution in [-0.4, -0.2) is 6.61 Å². The number of ether oxygens (including phenoxy) is 1. The summed E-state index contributed by atoms with van der Waals surface area (Å²) in [4.78, 5) is 0. The predicted molar refractivity (Wildman–Crippen MR) is 73.4 cm³/mol. The molecule has 0 aliphatic carbocycles. The maximum Gasteiger partial charge on any atom is 0.119 e. The lowest BCUT2D eigenvalue weighted by Crippen LogP contribution is -2.01. The van der Waals surface area contributed by atoms with E-state index in [0.717, 1.165) is 31.6 Å². The number of hydrogen-bond donors (Lipinski definition) is 0. The fourth-order valence-electron chi connectivity index (χ4n) is 2.03. The molecule has 0 aliphatic rings. The third kappa shape index (κ3) is 3.82. The molecule has 1 rings (SSSR count). The number of aryl methyl sites for hydroxylation is 1. The molecule has 0 heterocycles. The van der Waals surface area contributed by atoms with Crippen LogP contribution in [0.25, 0.3) is 0 Å². The average Bonchev–Trinajstić information content (AvgIpc) is 2.34. The average molecular weight is 230 g/mol. The quantitative estimate of drug-likeness (QED) is 0.662. The summed E-state index contributed by atoms with van der Waals surface area (Å²) in [5.74, 6) is 4.20. The molecular formula is C16H22O. The van der Waals surface area contributed by atoms with E-state index in [9.17, 15) is 0 Å². The Labute approximate surface area is 105 Å². The molecule has 1 aromatic rings. The van der Waals surface area contributed by atoms with Gasteiger partial charge < -0.3 is 4.74 Å². The highest BCUT2D eigenvalue weighted by Crippen LogP contribution is 2.28. The van der Waals surface area contributed by atoms with Crippen LogP contribution in [0, 0.1) is 19.3 Å². The van der Waals surface area contributed by atoms with Crippen LogP contribution < -0.4 is 4.74 Å². The fourth-order valence-corrected chi connectivity index (χ4v) is 2.03. The van der Waals surface area contributed by atoms with Gasteiger partial charge in [0, 0.05) is 6.42 Å². The van der Waals surface area contributed by atoms with Gasteiger partial charge in [0.2, 0.25) is 0 Å². The Morgan fingerprint density at radius 2 is 2.12 bits per heavy atom. The van der Waals surface area contributed by atoms with Crippen molar-refractivity contribution in [2.75, 3.05) is 6.61 Å². The summed E-state index contributed by atoms with van der Waals surface area (Å²) in [6.07, 6.45) is 8.35. The molecule has 0 saturated carbocycles. The van der Waals surface area contributed by atoms with Crippen molar-refractivity contribution in [3.05, 3.63) is 29.3 Å². The summed E-state index contributed by atoms with van der Waals surface area (Å²) in [6, 6.07) is 6.33. The molecule has 1 nitrogen and oxygen atoms in total. The van der Waals surface area contributed by atoms with E-state index in [1.54, 1.807) is 0 Å². The van der Waals surface area contributed by atoms with Gasteiger partial charge in [0.25, 0.3) is 0 Å². The third-order valence-corrected chi connectivity index (χ3v) is 3.01. The van der Waals surface area contributed by atoms with Crippen molar-refractivity contribution in [2.24, 2.45) is 0 Å². The highest BCUT2D eigenvalue weighted by Gasteiger charge is 2.11. The lowest BCUT2D eigenvalue weighted by Gasteiger charge is -2.16. The van der Waals surface area contributed by atoms with Crippen LogP contribution in [0.2, 0.25) is 0 Å². The van der Waals surface area contributed by atoms with E-state index in [2.05, 4.69) is 44.9 Å². The van der Waals surface area contributed by atoms with E-state index in [0.29, 0.717) is 5.92 Å². The minimum atomic E-state index is 0.472. The maximum atomic E-state index is 5.62. The summed E-state index contributed by atoms with van der Waals surface area (Å²) in [7, 11) is 0. The van der Waals surface area contributed by atoms with Gasteiger partial charge in [-0.1, -0.05) is 19.9 Å². The number of hydrogen-bond acceptors (Lipinski definition) is 1. The van der Waals surface area contributed by atoms with Gasteiger partial charge in [-0.25, -0.2) is 0 Å². The number of terminal acetylenes is 1. The first-order chi connectivity index (χ1) is 8.22. The molecule has 0 aliphatic heterocycles. The molecule has 0 radical (unpaired) electrons. The molecule has 0 saturated heterocycles. The molecule has 0 amide bonds. The number of benzene rings is 1. The van der Waals surface area contributed by atoms with Crippen LogP contribution in [0.15, 0.2) is 18.2 Å². The molecule has 0 fully saturated rings. The van der Waals surface area contributed by atoms with Crippen molar-refractivity contribution in [2.45, 2.75) is 46.0 Å². The molecule has 1 aromatic carbocycles. The van der Waals surface area contributed by atoms with Gasteiger partial charge in [0.1, 0.15) is 5.75 Å². The Morgan fingerprint density at radius 3 is 2.65 bits per heavy atom. The van der Waals surface area contributed by atoms with Crippen LogP contribution in [0.4, 0.5) is 0 Å². The lowest BCUT2D eigenvalue weighted by atomic mass is 9.90. The van der Waals surface area contributed by atoms with Gasteiger partial charge >= 0.3 is 0 Å². The molecule has 0 spiro atoms. The van der Waals surface area contributed by atoms with Gasteiger partial charge in [-0.2, -0.15) is 0 Å². The minimum absolute atomic E-state index is 0.472. The smallest absolute Gasteiger partial charge is 0.119 e. The SMILES string of the molecule is C#CCC(CC)c1ccc(OCCC)cc1C. The topological polar surface area (TPSA) is 9.23 Å². The second-order valence-electron chi connectivity index (χ2n) is 4.38. The van der Waals surface area contributed by atoms with E-state index < -0.39 is 0 Å². The zero-order chi connectivity index (χ0) is 12.7. The van der Waals surface area contributed by atoms with E-state index in [4.69, 9.17) is 11.2 Å². The summed E-state index contributed by atoms with van der Waals surface area (Å²) in [5, 5.41) is 0. The molecular weight excluding hydrogens is 208 g/mol. The van der Waals surface area contributed by atoms with Gasteiger partial charge in [0.05, 0.1) is 6.61 Å². The monoisotopic (exact) mass is 230 g/mol. The molecule has 1 atom stereocenters. The Balaban J connectivity index is 2.85. The van der Waals surface area contributed by atoms with Gasteiger partial charge in [-0.05, 0) is 48.9 Å². The highest BCUT2D eigenvalue weighted by molar-refractivity contribution is 5.37. The van der Waals surface area contributed by atoms with Crippen molar-refractivity contribution >= 4 is 0 Å². The normalized spacial score (nSPS) is 11.9. The summed E-state index contributed by atoms with van der Waals surface area (Å²) >= 11 is 0. The van der Waals surface area contributed by atoms with E-state index in [1.165, 1.54) is 11.1 Å². The van der Waals surface area contributed by atoms with E-state index in [1.807, 2.05) is 0 Å². The third-order valence-electron chi connectivity index (χ3n) is 3.01. The predicted octanol–water partition coefficient (Wildman–Crippen LogP) is 4.30. The van der Waals surface area contributed by atoms with E-state index in [-0.39, 0.29) is 0 Å². The maximum absolute atomic E-state index is 5.62. The summed E-state index contributed by atoms with van der Waals surface area (Å²) in [6.45, 7) is 7.21. The summed E-state index contributed by atoms with van der Waals surface area (Å²) in [5.41, 5.74) is 2.63.